The summed E-state index contributed by atoms with van der Waals surface area (Å²) in [6.07, 6.45) is 0. The third-order valence-electron chi connectivity index (χ3n) is 5.78. The molecule has 0 unspecified atom stereocenters. The van der Waals surface area contributed by atoms with E-state index < -0.39 is 11.7 Å². The zero-order chi connectivity index (χ0) is 22.8. The highest BCUT2D eigenvalue weighted by Gasteiger charge is 2.23. The number of amides is 2. The van der Waals surface area contributed by atoms with Crippen LogP contribution in [0.1, 0.15) is 26.3 Å². The van der Waals surface area contributed by atoms with Gasteiger partial charge in [0.15, 0.2) is 0 Å². The van der Waals surface area contributed by atoms with E-state index in [1.165, 1.54) is 18.2 Å². The molecule has 0 bridgehead atoms. The Kier molecular flexibility index (Phi) is 5.90. The second-order valence-corrected chi connectivity index (χ2v) is 7.84. The molecule has 1 heterocycles. The number of halogens is 2. The number of primary amides is 1. The van der Waals surface area contributed by atoms with Crippen molar-refractivity contribution in [1.29, 1.82) is 0 Å². The summed E-state index contributed by atoms with van der Waals surface area (Å²) in [7, 11) is 0. The molecule has 0 radical (unpaired) electrons. The molecule has 7 heteroatoms. The number of carbonyl (C=O) groups is 2. The highest BCUT2D eigenvalue weighted by molar-refractivity contribution is 5.95. The number of nitrogens with zero attached hydrogens (tertiary/aromatic N) is 2. The number of rotatable bonds is 4. The highest BCUT2D eigenvalue weighted by atomic mass is 19.1. The van der Waals surface area contributed by atoms with Crippen molar-refractivity contribution >= 4 is 17.5 Å². The fraction of sp³-hybridized carbons (Fsp3) is 0.200. The van der Waals surface area contributed by atoms with Crippen molar-refractivity contribution in [3.05, 3.63) is 89.0 Å². The van der Waals surface area contributed by atoms with Gasteiger partial charge in [-0.25, -0.2) is 8.78 Å². The van der Waals surface area contributed by atoms with E-state index in [1.807, 2.05) is 12.1 Å². The Bertz CT molecular complexity index is 1170. The number of carbonyl (C=O) groups excluding carboxylic acids is 2. The molecule has 4 rings (SSSR count). The fourth-order valence-corrected chi connectivity index (χ4v) is 3.98. The SMILES string of the molecule is Cc1cc(F)ccc1-c1ccc(C(=O)N2CCN(c3ccc(C(N)=O)cc3)CC2)cc1F. The first-order valence-corrected chi connectivity index (χ1v) is 10.3. The number of nitrogens with two attached hydrogens (primary N) is 1. The van der Waals surface area contributed by atoms with Crippen molar-refractivity contribution in [2.24, 2.45) is 5.73 Å². The third kappa shape index (κ3) is 4.32. The van der Waals surface area contributed by atoms with Crippen LogP contribution in [0.4, 0.5) is 14.5 Å². The normalized spacial score (nSPS) is 13.8. The Hall–Kier alpha value is -3.74. The summed E-state index contributed by atoms with van der Waals surface area (Å²) in [5.41, 5.74) is 8.52. The van der Waals surface area contributed by atoms with Crippen LogP contribution < -0.4 is 10.6 Å². The van der Waals surface area contributed by atoms with Crippen LogP contribution in [0.5, 0.6) is 0 Å². The number of hydrogen-bond acceptors (Lipinski definition) is 3. The molecule has 0 atom stereocenters. The smallest absolute Gasteiger partial charge is 0.254 e. The molecule has 1 fully saturated rings. The van der Waals surface area contributed by atoms with Gasteiger partial charge in [0.2, 0.25) is 5.91 Å². The number of hydrogen-bond donors (Lipinski definition) is 1. The van der Waals surface area contributed by atoms with Gasteiger partial charge >= 0.3 is 0 Å². The van der Waals surface area contributed by atoms with Crippen LogP contribution in [0.15, 0.2) is 60.7 Å². The van der Waals surface area contributed by atoms with Gasteiger partial charge in [-0.2, -0.15) is 0 Å². The average molecular weight is 435 g/mol. The van der Waals surface area contributed by atoms with Crippen LogP contribution in [-0.2, 0) is 0 Å². The first-order valence-electron chi connectivity index (χ1n) is 10.3. The lowest BCUT2D eigenvalue weighted by atomic mass is 9.98. The maximum atomic E-state index is 14.8. The number of benzene rings is 3. The van der Waals surface area contributed by atoms with Crippen LogP contribution >= 0.6 is 0 Å². The third-order valence-corrected chi connectivity index (χ3v) is 5.78. The lowest BCUT2D eigenvalue weighted by molar-refractivity contribution is 0.0746. The summed E-state index contributed by atoms with van der Waals surface area (Å²) in [5, 5.41) is 0. The van der Waals surface area contributed by atoms with Gasteiger partial charge in [-0.15, -0.1) is 0 Å². The number of piperazine rings is 1. The van der Waals surface area contributed by atoms with Crippen molar-refractivity contribution in [1.82, 2.24) is 4.90 Å². The standard InChI is InChI=1S/C25H23F2N3O2/c1-16-14-19(26)5-9-21(16)22-8-4-18(15-23(22)27)25(32)30-12-10-29(11-13-30)20-6-2-17(3-7-20)24(28)31/h2-9,14-15H,10-13H2,1H3,(H2,28,31). The first-order chi connectivity index (χ1) is 15.3. The van der Waals surface area contributed by atoms with Crippen molar-refractivity contribution in [2.45, 2.75) is 6.92 Å². The molecule has 1 saturated heterocycles. The summed E-state index contributed by atoms with van der Waals surface area (Å²) in [5.74, 6) is -1.59. The predicted molar refractivity (Wildman–Crippen MR) is 120 cm³/mol. The van der Waals surface area contributed by atoms with Gasteiger partial charge in [0.05, 0.1) is 0 Å². The average Bonchev–Trinajstić information content (AvgIpc) is 2.79. The number of aryl methyl sites for hydroxylation is 1. The monoisotopic (exact) mass is 435 g/mol. The molecular weight excluding hydrogens is 412 g/mol. The molecule has 32 heavy (non-hydrogen) atoms. The zero-order valence-electron chi connectivity index (χ0n) is 17.6. The molecule has 0 aliphatic carbocycles. The lowest BCUT2D eigenvalue weighted by Gasteiger charge is -2.36. The summed E-state index contributed by atoms with van der Waals surface area (Å²) < 4.78 is 28.2. The molecular formula is C25H23F2N3O2. The second kappa shape index (κ2) is 8.78. The first kappa shape index (κ1) is 21.5. The molecule has 2 N–H and O–H groups in total. The van der Waals surface area contributed by atoms with Crippen molar-refractivity contribution in [3.63, 3.8) is 0 Å². The van der Waals surface area contributed by atoms with Crippen LogP contribution in [-0.4, -0.2) is 42.9 Å². The zero-order valence-corrected chi connectivity index (χ0v) is 17.6. The Labute approximate surface area is 185 Å². The van der Waals surface area contributed by atoms with Crippen LogP contribution in [0, 0.1) is 18.6 Å². The van der Waals surface area contributed by atoms with Gasteiger partial charge in [0.25, 0.3) is 5.91 Å². The van der Waals surface area contributed by atoms with E-state index in [0.717, 1.165) is 5.69 Å². The summed E-state index contributed by atoms with van der Waals surface area (Å²) in [4.78, 5) is 28.0. The van der Waals surface area contributed by atoms with Gasteiger partial charge in [-0.1, -0.05) is 12.1 Å². The van der Waals surface area contributed by atoms with Gasteiger partial charge in [0.1, 0.15) is 11.6 Å². The molecule has 1 aliphatic rings. The molecule has 2 amide bonds. The molecule has 0 saturated carbocycles. The van der Waals surface area contributed by atoms with Crippen LogP contribution in [0.25, 0.3) is 11.1 Å². The molecule has 3 aromatic rings. The summed E-state index contributed by atoms with van der Waals surface area (Å²) in [6, 6.07) is 15.7. The minimum Gasteiger partial charge on any atom is -0.368 e. The van der Waals surface area contributed by atoms with E-state index >= 15 is 0 Å². The summed E-state index contributed by atoms with van der Waals surface area (Å²) in [6.45, 7) is 3.96. The van der Waals surface area contributed by atoms with Crippen molar-refractivity contribution in [2.75, 3.05) is 31.1 Å². The van der Waals surface area contributed by atoms with Gasteiger partial charge in [-0.05, 0) is 66.6 Å². The predicted octanol–water partition coefficient (Wildman–Crippen LogP) is 4.00. The van der Waals surface area contributed by atoms with E-state index in [2.05, 4.69) is 4.90 Å². The van der Waals surface area contributed by atoms with E-state index in [9.17, 15) is 18.4 Å². The number of anilines is 1. The lowest BCUT2D eigenvalue weighted by Crippen LogP contribution is -2.48. The maximum Gasteiger partial charge on any atom is 0.254 e. The minimum atomic E-state index is -0.515. The van der Waals surface area contributed by atoms with Crippen molar-refractivity contribution in [3.8, 4) is 11.1 Å². The fourth-order valence-electron chi connectivity index (χ4n) is 3.98. The molecule has 5 nitrogen and oxygen atoms in total. The Morgan fingerprint density at radius 3 is 2.03 bits per heavy atom. The molecule has 164 valence electrons. The summed E-state index contributed by atoms with van der Waals surface area (Å²) >= 11 is 0. The maximum absolute atomic E-state index is 14.8. The minimum absolute atomic E-state index is 0.227. The highest BCUT2D eigenvalue weighted by Crippen LogP contribution is 2.28. The topological polar surface area (TPSA) is 66.6 Å². The van der Waals surface area contributed by atoms with Gasteiger partial charge < -0.3 is 15.5 Å². The van der Waals surface area contributed by atoms with E-state index in [-0.39, 0.29) is 17.3 Å². The second-order valence-electron chi connectivity index (χ2n) is 7.84. The largest absolute Gasteiger partial charge is 0.368 e. The quantitative estimate of drug-likeness (QED) is 0.674. The molecule has 0 spiro atoms. The molecule has 0 aromatic heterocycles. The Morgan fingerprint density at radius 1 is 0.812 bits per heavy atom. The molecule has 1 aliphatic heterocycles. The molecule has 3 aromatic carbocycles. The van der Waals surface area contributed by atoms with E-state index in [1.54, 1.807) is 42.2 Å². The van der Waals surface area contributed by atoms with Gasteiger partial charge in [0, 0.05) is 48.6 Å². The van der Waals surface area contributed by atoms with Gasteiger partial charge in [-0.3, -0.25) is 9.59 Å². The Morgan fingerprint density at radius 2 is 1.44 bits per heavy atom. The van der Waals surface area contributed by atoms with Crippen LogP contribution in [0.3, 0.4) is 0 Å². The van der Waals surface area contributed by atoms with E-state index in [4.69, 9.17) is 5.73 Å². The van der Waals surface area contributed by atoms with Crippen molar-refractivity contribution < 1.29 is 18.4 Å². The van der Waals surface area contributed by atoms with E-state index in [0.29, 0.717) is 48.4 Å². The van der Waals surface area contributed by atoms with Crippen LogP contribution in [0.2, 0.25) is 0 Å². The Balaban J connectivity index is 1.44.